The minimum absolute atomic E-state index is 0.118. The second-order valence-corrected chi connectivity index (χ2v) is 8.20. The Kier molecular flexibility index (Phi) is 7.09. The number of rotatable bonds is 9. The van der Waals surface area contributed by atoms with Crippen molar-refractivity contribution in [1.82, 2.24) is 15.2 Å². The van der Waals surface area contributed by atoms with Crippen LogP contribution in [0.2, 0.25) is 0 Å². The third-order valence-corrected chi connectivity index (χ3v) is 6.15. The molecule has 1 aromatic heterocycles. The average Bonchev–Trinajstić information content (AvgIpc) is 3.26. The molecule has 0 saturated carbocycles. The lowest BCUT2D eigenvalue weighted by Gasteiger charge is -2.49. The van der Waals surface area contributed by atoms with Crippen molar-refractivity contribution in [2.24, 2.45) is 5.16 Å². The molecule has 15 heteroatoms. The largest absolute Gasteiger partial charge is 0.479 e. The Labute approximate surface area is 188 Å². The number of ether oxygens (including phenoxy) is 1. The van der Waals surface area contributed by atoms with E-state index in [2.05, 4.69) is 20.3 Å². The Morgan fingerprint density at radius 2 is 2.09 bits per heavy atom. The fraction of sp³-hybridized carbons (Fsp3) is 0.353. The standard InChI is InChI=1S/C17H16N4O9S2/c1-7(22)29-2-8-4-32-16-12(15(26)21(16)13(8)17(27)28)19-14(25)11(9-5-31-6-18-9)20-30-3-10(23)24/h5-6,12,16H,2-4H2,1H3,(H,19,25)(H,23,24)(H,27,28)/t12-,16-/m1/s1. The molecule has 3 rings (SSSR count). The molecule has 2 aliphatic rings. The Bertz CT molecular complexity index is 1020. The SMILES string of the molecule is CC(=O)OCC1=C(C(=O)O)N2C(=O)[C@@H](NC(=O)C(=NOCC(=O)O)c3cscn3)[C@H]2SC1. The van der Waals surface area contributed by atoms with E-state index in [9.17, 15) is 29.1 Å². The zero-order valence-corrected chi connectivity index (χ0v) is 18.0. The van der Waals surface area contributed by atoms with Crippen molar-refractivity contribution in [1.29, 1.82) is 0 Å². The summed E-state index contributed by atoms with van der Waals surface area (Å²) in [7, 11) is 0. The number of carboxylic acid groups (broad SMARTS) is 2. The van der Waals surface area contributed by atoms with Gasteiger partial charge in [-0.15, -0.1) is 23.1 Å². The van der Waals surface area contributed by atoms with Gasteiger partial charge >= 0.3 is 17.9 Å². The van der Waals surface area contributed by atoms with Gasteiger partial charge in [-0.05, 0) is 0 Å². The number of aromatic nitrogens is 1. The molecule has 0 radical (unpaired) electrons. The van der Waals surface area contributed by atoms with E-state index in [4.69, 9.17) is 9.84 Å². The number of nitrogens with one attached hydrogen (secondary N) is 1. The lowest BCUT2D eigenvalue weighted by molar-refractivity contribution is -0.150. The van der Waals surface area contributed by atoms with Crippen LogP contribution in [0.25, 0.3) is 0 Å². The maximum atomic E-state index is 12.7. The average molecular weight is 484 g/mol. The molecule has 0 aliphatic carbocycles. The van der Waals surface area contributed by atoms with Crippen LogP contribution in [0.3, 0.4) is 0 Å². The van der Waals surface area contributed by atoms with Crippen LogP contribution in [0, 0.1) is 0 Å². The summed E-state index contributed by atoms with van der Waals surface area (Å²) in [5.41, 5.74) is 1.19. The minimum Gasteiger partial charge on any atom is -0.479 e. The molecule has 3 N–H and O–H groups in total. The lowest BCUT2D eigenvalue weighted by Crippen LogP contribution is -2.71. The Hall–Kier alpha value is -3.46. The fourth-order valence-corrected chi connectivity index (χ4v) is 4.74. The van der Waals surface area contributed by atoms with E-state index < -0.39 is 47.7 Å². The maximum absolute atomic E-state index is 12.7. The number of carboxylic acids is 2. The summed E-state index contributed by atoms with van der Waals surface area (Å²) in [6.07, 6.45) is 0. The third-order valence-electron chi connectivity index (χ3n) is 4.22. The summed E-state index contributed by atoms with van der Waals surface area (Å²) >= 11 is 2.36. The lowest BCUT2D eigenvalue weighted by atomic mass is 10.0. The Morgan fingerprint density at radius 3 is 2.69 bits per heavy atom. The number of aliphatic carboxylic acids is 2. The first kappa shape index (κ1) is 23.2. The number of amides is 2. The van der Waals surface area contributed by atoms with E-state index in [1.165, 1.54) is 29.6 Å². The van der Waals surface area contributed by atoms with Gasteiger partial charge in [0.1, 0.15) is 29.4 Å². The quantitative estimate of drug-likeness (QED) is 0.173. The number of carbonyl (C=O) groups is 5. The summed E-state index contributed by atoms with van der Waals surface area (Å²) in [5.74, 6) is -4.59. The van der Waals surface area contributed by atoms with Gasteiger partial charge in [0, 0.05) is 23.6 Å². The minimum atomic E-state index is -1.36. The number of esters is 1. The molecule has 3 heterocycles. The topological polar surface area (TPSA) is 185 Å². The van der Waals surface area contributed by atoms with Gasteiger partial charge in [-0.3, -0.25) is 19.3 Å². The van der Waals surface area contributed by atoms with Crippen molar-refractivity contribution in [2.75, 3.05) is 19.0 Å². The van der Waals surface area contributed by atoms with E-state index >= 15 is 0 Å². The summed E-state index contributed by atoms with van der Waals surface area (Å²) in [6.45, 7) is 0.133. The number of carbonyl (C=O) groups excluding carboxylic acids is 3. The highest BCUT2D eigenvalue weighted by atomic mass is 32.2. The van der Waals surface area contributed by atoms with Crippen LogP contribution >= 0.6 is 23.1 Å². The van der Waals surface area contributed by atoms with Crippen molar-refractivity contribution in [2.45, 2.75) is 18.3 Å². The predicted octanol–water partition coefficient (Wildman–Crippen LogP) is -0.750. The highest BCUT2D eigenvalue weighted by Gasteiger charge is 2.54. The number of hydrogen-bond donors (Lipinski definition) is 3. The molecule has 0 spiro atoms. The maximum Gasteiger partial charge on any atom is 0.352 e. The van der Waals surface area contributed by atoms with Gasteiger partial charge in [0.2, 0.25) is 6.61 Å². The molecule has 2 atom stereocenters. The second kappa shape index (κ2) is 9.78. The van der Waals surface area contributed by atoms with Gasteiger partial charge in [-0.2, -0.15) is 0 Å². The van der Waals surface area contributed by atoms with Crippen LogP contribution in [0.5, 0.6) is 0 Å². The van der Waals surface area contributed by atoms with E-state index in [0.717, 1.165) is 16.2 Å². The zero-order valence-electron chi connectivity index (χ0n) is 16.3. The van der Waals surface area contributed by atoms with Gasteiger partial charge in [-0.1, -0.05) is 5.16 Å². The monoisotopic (exact) mass is 484 g/mol. The number of fused-ring (bicyclic) bond motifs is 1. The van der Waals surface area contributed by atoms with Gasteiger partial charge in [0.05, 0.1) is 5.51 Å². The highest BCUT2D eigenvalue weighted by Crippen LogP contribution is 2.40. The molecule has 32 heavy (non-hydrogen) atoms. The number of oxime groups is 1. The van der Waals surface area contributed by atoms with Crippen LogP contribution < -0.4 is 5.32 Å². The number of hydrogen-bond acceptors (Lipinski definition) is 11. The van der Waals surface area contributed by atoms with Gasteiger partial charge < -0.3 is 25.1 Å². The first-order valence-corrected chi connectivity index (χ1v) is 10.8. The van der Waals surface area contributed by atoms with Crippen molar-refractivity contribution >= 4 is 58.5 Å². The van der Waals surface area contributed by atoms with Crippen LogP contribution in [-0.2, 0) is 33.5 Å². The molecule has 2 amide bonds. The number of thioether (sulfide) groups is 1. The van der Waals surface area contributed by atoms with Crippen LogP contribution in [0.1, 0.15) is 12.6 Å². The second-order valence-electron chi connectivity index (χ2n) is 6.38. The zero-order chi connectivity index (χ0) is 23.4. The molecule has 13 nitrogen and oxygen atoms in total. The smallest absolute Gasteiger partial charge is 0.352 e. The number of nitrogens with zero attached hydrogens (tertiary/aromatic N) is 3. The van der Waals surface area contributed by atoms with Crippen molar-refractivity contribution in [3.8, 4) is 0 Å². The first-order valence-electron chi connectivity index (χ1n) is 8.85. The Balaban J connectivity index is 1.76. The molecule has 1 saturated heterocycles. The normalized spacial score (nSPS) is 20.2. The molecule has 1 fully saturated rings. The van der Waals surface area contributed by atoms with Gasteiger partial charge in [0.15, 0.2) is 5.71 Å². The summed E-state index contributed by atoms with van der Waals surface area (Å²) in [5, 5.41) is 25.0. The molecule has 1 aromatic rings. The van der Waals surface area contributed by atoms with Crippen LogP contribution in [-0.4, -0.2) is 85.9 Å². The fourth-order valence-electron chi connectivity index (χ4n) is 2.88. The van der Waals surface area contributed by atoms with Crippen molar-refractivity contribution in [3.63, 3.8) is 0 Å². The van der Waals surface area contributed by atoms with Crippen molar-refractivity contribution in [3.05, 3.63) is 27.9 Å². The molecule has 2 aliphatic heterocycles. The van der Waals surface area contributed by atoms with E-state index in [-0.39, 0.29) is 35.0 Å². The molecule has 0 aromatic carbocycles. The summed E-state index contributed by atoms with van der Waals surface area (Å²) < 4.78 is 4.86. The van der Waals surface area contributed by atoms with Crippen LogP contribution in [0.4, 0.5) is 0 Å². The Morgan fingerprint density at radius 1 is 1.34 bits per heavy atom. The summed E-state index contributed by atoms with van der Waals surface area (Å²) in [4.78, 5) is 68.4. The van der Waals surface area contributed by atoms with E-state index in [1.54, 1.807) is 0 Å². The van der Waals surface area contributed by atoms with Crippen LogP contribution in [0.15, 0.2) is 27.3 Å². The molecule has 170 valence electrons. The summed E-state index contributed by atoms with van der Waals surface area (Å²) in [6, 6.07) is -1.06. The predicted molar refractivity (Wildman–Crippen MR) is 109 cm³/mol. The van der Waals surface area contributed by atoms with Gasteiger partial charge in [0.25, 0.3) is 11.8 Å². The molecular formula is C17H16N4O9S2. The van der Waals surface area contributed by atoms with E-state index in [1.807, 2.05) is 0 Å². The highest BCUT2D eigenvalue weighted by molar-refractivity contribution is 8.00. The number of β-lactam (4-membered cyclic amide) rings is 1. The molecular weight excluding hydrogens is 468 g/mol. The molecule has 0 unspecified atom stereocenters. The number of thiazole rings is 1. The van der Waals surface area contributed by atoms with Crippen molar-refractivity contribution < 1.29 is 43.8 Å². The van der Waals surface area contributed by atoms with Gasteiger partial charge in [-0.25, -0.2) is 14.6 Å². The van der Waals surface area contributed by atoms with E-state index in [0.29, 0.717) is 0 Å². The molecule has 0 bridgehead atoms. The first-order chi connectivity index (χ1) is 15.2. The third kappa shape index (κ3) is 4.88.